The van der Waals surface area contributed by atoms with Gasteiger partial charge in [0.25, 0.3) is 0 Å². The summed E-state index contributed by atoms with van der Waals surface area (Å²) in [5.41, 5.74) is 6.37. The van der Waals surface area contributed by atoms with Crippen molar-refractivity contribution in [2.24, 2.45) is 0 Å². The molecular weight excluding hydrogens is 882 g/mol. The Balaban J connectivity index is 0.000000231. The molecule has 0 spiro atoms. The molecule has 1 aliphatic heterocycles. The van der Waals surface area contributed by atoms with Gasteiger partial charge in [0, 0.05) is 47.4 Å². The quantitative estimate of drug-likeness (QED) is 0.0742. The third-order valence-corrected chi connectivity index (χ3v) is 10.3. The van der Waals surface area contributed by atoms with E-state index in [1.165, 1.54) is 14.2 Å². The average molecular weight is 926 g/mol. The fourth-order valence-corrected chi connectivity index (χ4v) is 7.12. The highest BCUT2D eigenvalue weighted by Crippen LogP contribution is 2.37. The summed E-state index contributed by atoms with van der Waals surface area (Å²) in [4.78, 5) is 33.5. The third kappa shape index (κ3) is 12.6. The number of rotatable bonds is 15. The van der Waals surface area contributed by atoms with E-state index < -0.39 is 0 Å². The van der Waals surface area contributed by atoms with Gasteiger partial charge in [-0.05, 0) is 81.9 Å². The number of alkyl halides is 1. The minimum absolute atomic E-state index is 0. The molecular formula is C47H43Cl4F2N3O6. The number of carbonyl (C=O) groups is 2. The van der Waals surface area contributed by atoms with Gasteiger partial charge in [-0.15, -0.1) is 24.0 Å². The van der Waals surface area contributed by atoms with Gasteiger partial charge in [0.15, 0.2) is 0 Å². The summed E-state index contributed by atoms with van der Waals surface area (Å²) in [5, 5.41) is 1.05. The van der Waals surface area contributed by atoms with Crippen LogP contribution in [0.25, 0.3) is 22.3 Å². The molecule has 324 valence electrons. The van der Waals surface area contributed by atoms with Crippen LogP contribution in [0.15, 0.2) is 109 Å². The lowest BCUT2D eigenvalue weighted by atomic mass is 9.97. The summed E-state index contributed by atoms with van der Waals surface area (Å²) < 4.78 is 51.4. The highest BCUT2D eigenvalue weighted by Gasteiger charge is 2.23. The normalized spacial score (nSPS) is 11.9. The second-order valence-corrected chi connectivity index (χ2v) is 15.1. The molecule has 1 amide bonds. The molecule has 0 atom stereocenters. The first-order valence-corrected chi connectivity index (χ1v) is 20.6. The van der Waals surface area contributed by atoms with Crippen molar-refractivity contribution in [2.45, 2.75) is 32.2 Å². The Morgan fingerprint density at radius 1 is 0.758 bits per heavy atom. The van der Waals surface area contributed by atoms with Crippen molar-refractivity contribution >= 4 is 59.3 Å². The van der Waals surface area contributed by atoms with Crippen LogP contribution in [0.2, 0.25) is 10.0 Å². The second-order valence-electron chi connectivity index (χ2n) is 13.9. The summed E-state index contributed by atoms with van der Waals surface area (Å²) >= 11 is 17.7. The molecule has 0 unspecified atom stereocenters. The van der Waals surface area contributed by atoms with Crippen LogP contribution in [-0.2, 0) is 40.1 Å². The molecule has 1 fully saturated rings. The van der Waals surface area contributed by atoms with E-state index in [9.17, 15) is 9.59 Å². The number of methoxy groups -OCH3 is 2. The zero-order chi connectivity index (χ0) is 43.3. The Hall–Kier alpha value is -5.46. The predicted molar refractivity (Wildman–Crippen MR) is 240 cm³/mol. The highest BCUT2D eigenvalue weighted by atomic mass is 35.5. The Bertz CT molecular complexity index is 2460. The van der Waals surface area contributed by atoms with E-state index in [2.05, 4.69) is 9.97 Å². The maximum Gasteiger partial charge on any atom is 0.410 e. The zero-order valence-electron chi connectivity index (χ0n) is 33.8. The number of hydrogen-bond acceptors (Lipinski definition) is 8. The number of pyridine rings is 2. The van der Waals surface area contributed by atoms with Crippen LogP contribution in [0.3, 0.4) is 0 Å². The second kappa shape index (κ2) is 23.1. The third-order valence-electron chi connectivity index (χ3n) is 9.72. The van der Waals surface area contributed by atoms with Crippen LogP contribution in [-0.4, -0.2) is 66.8 Å². The molecule has 4 aromatic carbocycles. The van der Waals surface area contributed by atoms with Crippen molar-refractivity contribution in [3.8, 4) is 33.8 Å². The predicted octanol–water partition coefficient (Wildman–Crippen LogP) is 11.4. The summed E-state index contributed by atoms with van der Waals surface area (Å²) in [7, 11) is 3.03. The number of ether oxygens (including phenoxy) is 4. The summed E-state index contributed by atoms with van der Waals surface area (Å²) in [5.74, 6) is 0.163. The van der Waals surface area contributed by atoms with Gasteiger partial charge in [0.1, 0.15) is 36.3 Å². The van der Waals surface area contributed by atoms with E-state index >= 15 is 8.78 Å². The first-order chi connectivity index (χ1) is 29.6. The molecule has 7 rings (SSSR count). The minimum Gasteiger partial charge on any atom is -0.496 e. The molecule has 0 N–H and O–H groups in total. The molecule has 2 aromatic heterocycles. The van der Waals surface area contributed by atoms with Gasteiger partial charge in [-0.2, -0.15) is 0 Å². The molecule has 1 aliphatic rings. The lowest BCUT2D eigenvalue weighted by molar-refractivity contribution is -0.142. The Labute approximate surface area is 380 Å². The standard InChI is InChI=1S/C24H22Cl2FNO3.C23H20ClFN2O3.ClH/c1-30-21-9-6-18(24(27)23(21)17-3-2-4-19(26)14-17)13-16-5-7-20(28-15-16)8-10-22(29)31-12-11-25;1-29-20-8-6-17(22(25)21(20)16-3-2-4-18(24)12-16)11-15-5-7-19(26-13-15)14-27-9-10-30-23(27)28;/h2-7,9,14-15H,8,10-13H2,1H3;2-8,12-13H,9-11,14H2,1H3;1H. The summed E-state index contributed by atoms with van der Waals surface area (Å²) in [6.07, 6.45) is 4.53. The van der Waals surface area contributed by atoms with E-state index in [4.69, 9.17) is 53.8 Å². The molecule has 0 radical (unpaired) electrons. The van der Waals surface area contributed by atoms with Crippen molar-refractivity contribution < 1.29 is 37.3 Å². The smallest absolute Gasteiger partial charge is 0.410 e. The lowest BCUT2D eigenvalue weighted by Crippen LogP contribution is -2.24. The molecule has 0 saturated carbocycles. The highest BCUT2D eigenvalue weighted by molar-refractivity contribution is 6.31. The number of benzene rings is 4. The zero-order valence-corrected chi connectivity index (χ0v) is 36.9. The van der Waals surface area contributed by atoms with E-state index in [0.717, 1.165) is 22.5 Å². The number of nitrogens with zero attached hydrogens (tertiary/aromatic N) is 3. The molecule has 62 heavy (non-hydrogen) atoms. The fraction of sp³-hybridized carbons (Fsp3) is 0.234. The molecule has 3 heterocycles. The SMILES string of the molecule is COc1ccc(Cc2ccc(CCC(=O)OCCCl)nc2)c(F)c1-c1cccc(Cl)c1.COc1ccc(Cc2ccc(CN3CCOC3=O)nc2)c(F)c1-c1cccc(Cl)c1.Cl. The monoisotopic (exact) mass is 923 g/mol. The largest absolute Gasteiger partial charge is 0.496 e. The minimum atomic E-state index is -0.354. The maximum atomic E-state index is 15.4. The Morgan fingerprint density at radius 3 is 1.73 bits per heavy atom. The van der Waals surface area contributed by atoms with Crippen LogP contribution in [0.4, 0.5) is 13.6 Å². The number of carbonyl (C=O) groups excluding carboxylic acids is 2. The number of aromatic nitrogens is 2. The first kappa shape index (κ1) is 47.6. The van der Waals surface area contributed by atoms with E-state index in [0.29, 0.717) is 93.9 Å². The van der Waals surface area contributed by atoms with Crippen molar-refractivity contribution in [1.29, 1.82) is 0 Å². The number of amides is 1. The molecule has 9 nitrogen and oxygen atoms in total. The van der Waals surface area contributed by atoms with Gasteiger partial charge < -0.3 is 18.9 Å². The number of halogens is 6. The molecule has 1 saturated heterocycles. The van der Waals surface area contributed by atoms with Crippen molar-refractivity contribution in [3.63, 3.8) is 0 Å². The number of esters is 1. The van der Waals surface area contributed by atoms with Crippen molar-refractivity contribution in [3.05, 3.63) is 165 Å². The van der Waals surface area contributed by atoms with Crippen LogP contribution in [0, 0.1) is 11.6 Å². The molecule has 6 aromatic rings. The lowest BCUT2D eigenvalue weighted by Gasteiger charge is -2.14. The molecule has 0 aliphatic carbocycles. The molecule has 0 bridgehead atoms. The van der Waals surface area contributed by atoms with Crippen molar-refractivity contribution in [2.75, 3.05) is 39.9 Å². The van der Waals surface area contributed by atoms with E-state index in [1.807, 2.05) is 24.3 Å². The van der Waals surface area contributed by atoms with E-state index in [1.54, 1.807) is 90.1 Å². The van der Waals surface area contributed by atoms with Gasteiger partial charge in [-0.25, -0.2) is 13.6 Å². The number of aryl methyl sites for hydroxylation is 1. The topological polar surface area (TPSA) is 100 Å². The van der Waals surface area contributed by atoms with E-state index in [-0.39, 0.29) is 55.0 Å². The fourth-order valence-electron chi connectivity index (χ4n) is 6.66. The first-order valence-electron chi connectivity index (χ1n) is 19.3. The van der Waals surface area contributed by atoms with Crippen LogP contribution in [0.5, 0.6) is 11.5 Å². The van der Waals surface area contributed by atoms with Gasteiger partial charge in [0.2, 0.25) is 0 Å². The van der Waals surface area contributed by atoms with Crippen LogP contribution in [0.1, 0.15) is 40.1 Å². The maximum absolute atomic E-state index is 15.4. The molecule has 15 heteroatoms. The Kier molecular flexibility index (Phi) is 17.7. The van der Waals surface area contributed by atoms with Crippen LogP contribution >= 0.6 is 47.2 Å². The van der Waals surface area contributed by atoms with Crippen molar-refractivity contribution in [1.82, 2.24) is 14.9 Å². The van der Waals surface area contributed by atoms with Crippen LogP contribution < -0.4 is 9.47 Å². The van der Waals surface area contributed by atoms with Gasteiger partial charge in [-0.1, -0.05) is 71.7 Å². The van der Waals surface area contributed by atoms with Gasteiger partial charge >= 0.3 is 12.1 Å². The summed E-state index contributed by atoms with van der Waals surface area (Å²) in [6.45, 7) is 1.57. The van der Waals surface area contributed by atoms with Gasteiger partial charge in [0.05, 0.1) is 56.4 Å². The average Bonchev–Trinajstić information content (AvgIpc) is 3.67. The number of hydrogen-bond donors (Lipinski definition) is 0. The Morgan fingerprint density at radius 2 is 1.29 bits per heavy atom. The summed E-state index contributed by atoms with van der Waals surface area (Å²) in [6, 6.07) is 28.5. The van der Waals surface area contributed by atoms with Gasteiger partial charge in [-0.3, -0.25) is 19.7 Å². The number of cyclic esters (lactones) is 1.